The van der Waals surface area contributed by atoms with Crippen molar-refractivity contribution in [3.05, 3.63) is 37.8 Å². The van der Waals surface area contributed by atoms with Gasteiger partial charge in [-0.1, -0.05) is 5.11 Å². The molecule has 0 N–H and O–H groups in total. The summed E-state index contributed by atoms with van der Waals surface area (Å²) in [6.07, 6.45) is -0.762. The van der Waals surface area contributed by atoms with Crippen LogP contribution in [0.1, 0.15) is 5.56 Å². The fourth-order valence-corrected chi connectivity index (χ4v) is 2.09. The Balaban J connectivity index is 2.16. The lowest BCUT2D eigenvalue weighted by molar-refractivity contribution is 0.145. The van der Waals surface area contributed by atoms with E-state index in [1.54, 1.807) is 4.90 Å². The van der Waals surface area contributed by atoms with Gasteiger partial charge in [-0.15, -0.1) is 0 Å². The number of rotatable bonds is 3. The van der Waals surface area contributed by atoms with Crippen molar-refractivity contribution in [3.63, 3.8) is 0 Å². The summed E-state index contributed by atoms with van der Waals surface area (Å²) in [7, 11) is 0. The van der Waals surface area contributed by atoms with E-state index in [1.807, 2.05) is 25.1 Å². The normalized spacial score (nSPS) is 18.4. The molecule has 18 heavy (non-hydrogen) atoms. The Hall–Kier alpha value is -1.47. The maximum atomic E-state index is 11.7. The number of halogens is 1. The first kappa shape index (κ1) is 13.0. The van der Waals surface area contributed by atoms with Gasteiger partial charge in [-0.25, -0.2) is 4.79 Å². The van der Waals surface area contributed by atoms with Gasteiger partial charge in [0, 0.05) is 14.2 Å². The minimum Gasteiger partial charge on any atom is -0.444 e. The zero-order chi connectivity index (χ0) is 13.1. The van der Waals surface area contributed by atoms with Gasteiger partial charge < -0.3 is 4.74 Å². The number of cyclic esters (lactones) is 1. The molecule has 1 aliphatic rings. The molecule has 1 saturated heterocycles. The molecular weight excluding hydrogens is 347 g/mol. The third-order valence-corrected chi connectivity index (χ3v) is 3.89. The van der Waals surface area contributed by atoms with Crippen LogP contribution < -0.4 is 4.90 Å². The summed E-state index contributed by atoms with van der Waals surface area (Å²) in [6, 6.07) is 5.78. The highest BCUT2D eigenvalue weighted by atomic mass is 127. The average molecular weight is 358 g/mol. The lowest BCUT2D eigenvalue weighted by atomic mass is 10.2. The molecule has 6 nitrogen and oxygen atoms in total. The first-order chi connectivity index (χ1) is 8.61. The highest BCUT2D eigenvalue weighted by Gasteiger charge is 2.31. The second-order valence-electron chi connectivity index (χ2n) is 3.96. The molecule has 0 unspecified atom stereocenters. The van der Waals surface area contributed by atoms with E-state index in [1.165, 1.54) is 0 Å². The molecule has 7 heteroatoms. The lowest BCUT2D eigenvalue weighted by Crippen LogP contribution is -2.25. The lowest BCUT2D eigenvalue weighted by Gasteiger charge is -2.13. The van der Waals surface area contributed by atoms with Gasteiger partial charge in [-0.2, -0.15) is 0 Å². The number of aryl methyl sites for hydroxylation is 1. The number of benzene rings is 1. The van der Waals surface area contributed by atoms with Gasteiger partial charge >= 0.3 is 6.09 Å². The number of nitrogens with zero attached hydrogens (tertiary/aromatic N) is 4. The number of carbonyl (C=O) groups is 1. The molecule has 0 saturated carbocycles. The fraction of sp³-hybridized carbons (Fsp3) is 0.364. The maximum absolute atomic E-state index is 11.7. The van der Waals surface area contributed by atoms with E-state index in [-0.39, 0.29) is 12.6 Å². The van der Waals surface area contributed by atoms with Crippen molar-refractivity contribution in [3.8, 4) is 0 Å². The van der Waals surface area contributed by atoms with Gasteiger partial charge in [0.25, 0.3) is 0 Å². The van der Waals surface area contributed by atoms with Crippen molar-refractivity contribution >= 4 is 34.4 Å². The monoisotopic (exact) mass is 358 g/mol. The van der Waals surface area contributed by atoms with Gasteiger partial charge in [0.2, 0.25) is 0 Å². The van der Waals surface area contributed by atoms with Crippen LogP contribution >= 0.6 is 22.6 Å². The largest absolute Gasteiger partial charge is 0.444 e. The Bertz CT molecular complexity index is 528. The number of hydrogen-bond acceptors (Lipinski definition) is 3. The topological polar surface area (TPSA) is 78.3 Å². The second-order valence-corrected chi connectivity index (χ2v) is 5.13. The Morgan fingerprint density at radius 1 is 1.67 bits per heavy atom. The van der Waals surface area contributed by atoms with Crippen LogP contribution in [0.5, 0.6) is 0 Å². The summed E-state index contributed by atoms with van der Waals surface area (Å²) in [5.41, 5.74) is 10.2. The summed E-state index contributed by atoms with van der Waals surface area (Å²) in [5.74, 6) is 0. The number of amides is 1. The Morgan fingerprint density at radius 3 is 3.11 bits per heavy atom. The summed E-state index contributed by atoms with van der Waals surface area (Å²) in [4.78, 5) is 15.9. The van der Waals surface area contributed by atoms with Gasteiger partial charge in [0.15, 0.2) is 0 Å². The molecule has 1 aromatic carbocycles. The van der Waals surface area contributed by atoms with Crippen molar-refractivity contribution in [1.82, 2.24) is 0 Å². The fourth-order valence-electron chi connectivity index (χ4n) is 1.75. The Kier molecular flexibility index (Phi) is 3.93. The molecule has 1 fully saturated rings. The van der Waals surface area contributed by atoms with Crippen LogP contribution in [0.15, 0.2) is 23.3 Å². The summed E-state index contributed by atoms with van der Waals surface area (Å²) < 4.78 is 6.27. The van der Waals surface area contributed by atoms with Gasteiger partial charge in [0.1, 0.15) is 6.10 Å². The van der Waals surface area contributed by atoms with Crippen LogP contribution in [0.3, 0.4) is 0 Å². The number of ether oxygens (including phenoxy) is 1. The molecule has 0 bridgehead atoms. The standard InChI is InChI=1S/C11H11IN4O2/c1-7-4-8(2-3-10(7)12)16-6-9(5-14-15-13)18-11(16)17/h2-4,9H,5-6H2,1H3/t9-/m0/s1. The second kappa shape index (κ2) is 5.45. The molecule has 1 heterocycles. The van der Waals surface area contributed by atoms with E-state index < -0.39 is 6.09 Å². The minimum atomic E-state index is -0.395. The SMILES string of the molecule is Cc1cc(N2C[C@H](CN=[N+]=[N-])OC2=O)ccc1I. The van der Waals surface area contributed by atoms with E-state index in [9.17, 15) is 4.79 Å². The van der Waals surface area contributed by atoms with Crippen molar-refractivity contribution in [1.29, 1.82) is 0 Å². The van der Waals surface area contributed by atoms with E-state index in [2.05, 4.69) is 32.6 Å². The molecule has 0 radical (unpaired) electrons. The number of azide groups is 1. The van der Waals surface area contributed by atoms with E-state index in [4.69, 9.17) is 10.3 Å². The predicted molar refractivity (Wildman–Crippen MR) is 75.5 cm³/mol. The third-order valence-electron chi connectivity index (χ3n) is 2.68. The molecule has 1 amide bonds. The van der Waals surface area contributed by atoms with Crippen molar-refractivity contribution in [2.45, 2.75) is 13.0 Å². The Morgan fingerprint density at radius 2 is 2.44 bits per heavy atom. The molecule has 1 aliphatic heterocycles. The highest BCUT2D eigenvalue weighted by molar-refractivity contribution is 14.1. The van der Waals surface area contributed by atoms with E-state index >= 15 is 0 Å². The van der Waals surface area contributed by atoms with Crippen molar-refractivity contribution < 1.29 is 9.53 Å². The first-order valence-electron chi connectivity index (χ1n) is 5.37. The predicted octanol–water partition coefficient (Wildman–Crippen LogP) is 3.24. The van der Waals surface area contributed by atoms with Gasteiger partial charge in [-0.3, -0.25) is 4.90 Å². The maximum Gasteiger partial charge on any atom is 0.414 e. The molecule has 0 spiro atoms. The number of anilines is 1. The molecule has 2 rings (SSSR count). The van der Waals surface area contributed by atoms with Crippen molar-refractivity contribution in [2.24, 2.45) is 5.11 Å². The van der Waals surface area contributed by atoms with E-state index in [0.29, 0.717) is 6.54 Å². The molecule has 0 aliphatic carbocycles. The van der Waals surface area contributed by atoms with Crippen LogP contribution in [-0.2, 0) is 4.74 Å². The number of hydrogen-bond donors (Lipinski definition) is 0. The summed E-state index contributed by atoms with van der Waals surface area (Å²) >= 11 is 2.24. The first-order valence-corrected chi connectivity index (χ1v) is 6.45. The summed E-state index contributed by atoms with van der Waals surface area (Å²) in [5, 5.41) is 3.42. The van der Waals surface area contributed by atoms with Crippen LogP contribution in [0, 0.1) is 10.5 Å². The molecule has 1 aromatic rings. The molecule has 0 aromatic heterocycles. The quantitative estimate of drug-likeness (QED) is 0.360. The van der Waals surface area contributed by atoms with Crippen LogP contribution in [0.2, 0.25) is 0 Å². The zero-order valence-corrected chi connectivity index (χ0v) is 11.9. The van der Waals surface area contributed by atoms with Crippen LogP contribution in [0.25, 0.3) is 10.4 Å². The minimum absolute atomic E-state index is 0.169. The van der Waals surface area contributed by atoms with Gasteiger partial charge in [-0.05, 0) is 58.8 Å². The zero-order valence-electron chi connectivity index (χ0n) is 9.71. The number of carbonyl (C=O) groups excluding carboxylic acids is 1. The molecule has 1 atom stereocenters. The van der Waals surface area contributed by atoms with Crippen molar-refractivity contribution in [2.75, 3.05) is 18.0 Å². The average Bonchev–Trinajstić information content (AvgIpc) is 2.71. The third kappa shape index (κ3) is 2.68. The van der Waals surface area contributed by atoms with E-state index in [0.717, 1.165) is 14.8 Å². The van der Waals surface area contributed by atoms with Crippen LogP contribution in [0.4, 0.5) is 10.5 Å². The van der Waals surface area contributed by atoms with Crippen LogP contribution in [-0.4, -0.2) is 25.3 Å². The smallest absolute Gasteiger partial charge is 0.414 e. The highest BCUT2D eigenvalue weighted by Crippen LogP contribution is 2.24. The van der Waals surface area contributed by atoms with Gasteiger partial charge in [0.05, 0.1) is 13.1 Å². The Labute approximate surface area is 118 Å². The molecule has 94 valence electrons. The molecular formula is C11H11IN4O2. The summed E-state index contributed by atoms with van der Waals surface area (Å²) in [6.45, 7) is 2.57.